The summed E-state index contributed by atoms with van der Waals surface area (Å²) < 4.78 is 0. The second kappa shape index (κ2) is 5.97. The van der Waals surface area contributed by atoms with Gasteiger partial charge in [-0.2, -0.15) is 0 Å². The Balaban J connectivity index is 2.13. The molecule has 2 rings (SSSR count). The molecule has 2 aromatic rings. The summed E-state index contributed by atoms with van der Waals surface area (Å²) in [6, 6.07) is 5.86. The van der Waals surface area contributed by atoms with Crippen molar-refractivity contribution in [2.75, 3.05) is 5.75 Å². The molecule has 4 heteroatoms. The monoisotopic (exact) mass is 272 g/mol. The first-order valence-corrected chi connectivity index (χ1v) is 7.07. The van der Waals surface area contributed by atoms with Gasteiger partial charge in [-0.15, -0.1) is 0 Å². The summed E-state index contributed by atoms with van der Waals surface area (Å²) >= 11 is 1.37. The summed E-state index contributed by atoms with van der Waals surface area (Å²) in [5, 5.41) is 0.637. The molecule has 98 valence electrons. The average Bonchev–Trinajstić information content (AvgIpc) is 2.36. The number of rotatable bonds is 4. The van der Waals surface area contributed by atoms with Crippen molar-refractivity contribution in [3.05, 3.63) is 52.8 Å². The van der Waals surface area contributed by atoms with E-state index in [2.05, 4.69) is 9.97 Å². The first-order chi connectivity index (χ1) is 9.08. The Kier molecular flexibility index (Phi) is 4.32. The molecule has 0 aliphatic carbocycles. The molecule has 0 fully saturated rings. The molecule has 0 spiro atoms. The molecule has 0 aliphatic heterocycles. The van der Waals surface area contributed by atoms with Crippen molar-refractivity contribution in [3.8, 4) is 0 Å². The maximum absolute atomic E-state index is 12.3. The van der Waals surface area contributed by atoms with Gasteiger partial charge in [-0.1, -0.05) is 29.5 Å². The second-order valence-electron chi connectivity index (χ2n) is 4.52. The molecule has 0 radical (unpaired) electrons. The van der Waals surface area contributed by atoms with Crippen LogP contribution in [0.15, 0.2) is 35.7 Å². The van der Waals surface area contributed by atoms with Crippen LogP contribution in [0.2, 0.25) is 0 Å². The molecular weight excluding hydrogens is 256 g/mol. The normalized spacial score (nSPS) is 10.5. The number of aromatic nitrogens is 2. The SMILES string of the molecule is Cc1cc(C)c(C(=O)CSc2ncccn2)c(C)c1. The molecule has 1 aromatic carbocycles. The Hall–Kier alpha value is -1.68. The lowest BCUT2D eigenvalue weighted by atomic mass is 9.97. The van der Waals surface area contributed by atoms with Crippen molar-refractivity contribution in [1.82, 2.24) is 9.97 Å². The number of nitrogens with zero attached hydrogens (tertiary/aromatic N) is 2. The summed E-state index contributed by atoms with van der Waals surface area (Å²) in [5.41, 5.74) is 4.09. The van der Waals surface area contributed by atoms with Gasteiger partial charge in [-0.3, -0.25) is 4.79 Å². The molecule has 1 aromatic heterocycles. The number of aryl methyl sites for hydroxylation is 3. The number of hydrogen-bond acceptors (Lipinski definition) is 4. The van der Waals surface area contributed by atoms with E-state index in [0.29, 0.717) is 10.9 Å². The van der Waals surface area contributed by atoms with Gasteiger partial charge in [0, 0.05) is 18.0 Å². The molecule has 1 heterocycles. The fourth-order valence-electron chi connectivity index (χ4n) is 2.18. The molecule has 0 saturated heterocycles. The van der Waals surface area contributed by atoms with E-state index in [1.165, 1.54) is 17.3 Å². The third kappa shape index (κ3) is 3.41. The van der Waals surface area contributed by atoms with Gasteiger partial charge in [0.2, 0.25) is 0 Å². The number of Topliss-reactive ketones (excluding diaryl/α,β-unsaturated/α-hetero) is 1. The van der Waals surface area contributed by atoms with Gasteiger partial charge in [0.1, 0.15) is 0 Å². The zero-order valence-corrected chi connectivity index (χ0v) is 12.1. The van der Waals surface area contributed by atoms with E-state index in [1.807, 2.05) is 32.9 Å². The van der Waals surface area contributed by atoms with Crippen LogP contribution in [0.5, 0.6) is 0 Å². The zero-order valence-electron chi connectivity index (χ0n) is 11.3. The molecule has 19 heavy (non-hydrogen) atoms. The van der Waals surface area contributed by atoms with Gasteiger partial charge in [0.25, 0.3) is 0 Å². The molecular formula is C15H16N2OS. The first-order valence-electron chi connectivity index (χ1n) is 6.09. The van der Waals surface area contributed by atoms with Crippen molar-refractivity contribution in [1.29, 1.82) is 0 Å². The Morgan fingerprint density at radius 2 is 1.68 bits per heavy atom. The van der Waals surface area contributed by atoms with Crippen LogP contribution in [-0.4, -0.2) is 21.5 Å². The van der Waals surface area contributed by atoms with Crippen LogP contribution in [-0.2, 0) is 0 Å². The Labute approximate surface area is 117 Å². The first kappa shape index (κ1) is 13.7. The number of benzene rings is 1. The highest BCUT2D eigenvalue weighted by molar-refractivity contribution is 7.99. The van der Waals surface area contributed by atoms with Gasteiger partial charge in [0.15, 0.2) is 10.9 Å². The minimum absolute atomic E-state index is 0.132. The number of ketones is 1. The maximum atomic E-state index is 12.3. The van der Waals surface area contributed by atoms with Gasteiger partial charge < -0.3 is 0 Å². The quantitative estimate of drug-likeness (QED) is 0.486. The topological polar surface area (TPSA) is 42.9 Å². The zero-order chi connectivity index (χ0) is 13.8. The summed E-state index contributed by atoms with van der Waals surface area (Å²) in [6.07, 6.45) is 3.37. The van der Waals surface area contributed by atoms with Crippen molar-refractivity contribution in [3.63, 3.8) is 0 Å². The van der Waals surface area contributed by atoms with Crippen LogP contribution in [0.4, 0.5) is 0 Å². The van der Waals surface area contributed by atoms with E-state index in [-0.39, 0.29) is 5.78 Å². The van der Waals surface area contributed by atoms with Gasteiger partial charge in [0.05, 0.1) is 5.75 Å². The molecule has 0 amide bonds. The summed E-state index contributed by atoms with van der Waals surface area (Å²) in [6.45, 7) is 6.01. The van der Waals surface area contributed by atoms with Gasteiger partial charge in [-0.25, -0.2) is 9.97 Å². The lowest BCUT2D eigenvalue weighted by Gasteiger charge is -2.09. The Bertz CT molecular complexity index is 573. The Morgan fingerprint density at radius 3 is 2.26 bits per heavy atom. The molecule has 3 nitrogen and oxygen atoms in total. The Morgan fingerprint density at radius 1 is 1.11 bits per heavy atom. The van der Waals surface area contributed by atoms with Crippen LogP contribution in [0.25, 0.3) is 0 Å². The predicted octanol–water partition coefficient (Wildman–Crippen LogP) is 3.38. The molecule has 0 aliphatic rings. The standard InChI is InChI=1S/C15H16N2OS/c1-10-7-11(2)14(12(3)8-10)13(18)9-19-15-16-5-4-6-17-15/h4-8H,9H2,1-3H3. The molecule has 0 N–H and O–H groups in total. The summed E-state index contributed by atoms with van der Waals surface area (Å²) in [5.74, 6) is 0.502. The predicted molar refractivity (Wildman–Crippen MR) is 77.7 cm³/mol. The van der Waals surface area contributed by atoms with E-state index >= 15 is 0 Å². The summed E-state index contributed by atoms with van der Waals surface area (Å²) in [7, 11) is 0. The highest BCUT2D eigenvalue weighted by atomic mass is 32.2. The van der Waals surface area contributed by atoms with Crippen molar-refractivity contribution < 1.29 is 4.79 Å². The van der Waals surface area contributed by atoms with Crippen LogP contribution >= 0.6 is 11.8 Å². The second-order valence-corrected chi connectivity index (χ2v) is 5.46. The third-order valence-corrected chi connectivity index (χ3v) is 3.71. The highest BCUT2D eigenvalue weighted by Gasteiger charge is 2.13. The van der Waals surface area contributed by atoms with Crippen LogP contribution < -0.4 is 0 Å². The third-order valence-electron chi connectivity index (χ3n) is 2.83. The molecule has 0 unspecified atom stereocenters. The fraction of sp³-hybridized carbons (Fsp3) is 0.267. The average molecular weight is 272 g/mol. The number of thioether (sulfide) groups is 1. The van der Waals surface area contributed by atoms with Crippen molar-refractivity contribution in [2.24, 2.45) is 0 Å². The lowest BCUT2D eigenvalue weighted by molar-refractivity contribution is 0.102. The molecule has 0 atom stereocenters. The van der Waals surface area contributed by atoms with Crippen LogP contribution in [0, 0.1) is 20.8 Å². The van der Waals surface area contributed by atoms with E-state index in [4.69, 9.17) is 0 Å². The fourth-order valence-corrected chi connectivity index (χ4v) is 2.86. The number of hydrogen-bond donors (Lipinski definition) is 0. The van der Waals surface area contributed by atoms with E-state index in [9.17, 15) is 4.79 Å². The van der Waals surface area contributed by atoms with Gasteiger partial charge in [-0.05, 0) is 38.0 Å². The molecule has 0 saturated carbocycles. The van der Waals surface area contributed by atoms with E-state index in [1.54, 1.807) is 18.5 Å². The van der Waals surface area contributed by atoms with E-state index < -0.39 is 0 Å². The number of carbonyl (C=O) groups excluding carboxylic acids is 1. The minimum atomic E-state index is 0.132. The summed E-state index contributed by atoms with van der Waals surface area (Å²) in [4.78, 5) is 20.5. The van der Waals surface area contributed by atoms with Gasteiger partial charge >= 0.3 is 0 Å². The van der Waals surface area contributed by atoms with E-state index in [0.717, 1.165) is 16.7 Å². The van der Waals surface area contributed by atoms with Crippen LogP contribution in [0.1, 0.15) is 27.0 Å². The minimum Gasteiger partial charge on any atom is -0.293 e. The lowest BCUT2D eigenvalue weighted by Crippen LogP contribution is -2.08. The smallest absolute Gasteiger partial charge is 0.187 e. The van der Waals surface area contributed by atoms with Crippen molar-refractivity contribution >= 4 is 17.5 Å². The van der Waals surface area contributed by atoms with Crippen molar-refractivity contribution in [2.45, 2.75) is 25.9 Å². The highest BCUT2D eigenvalue weighted by Crippen LogP contribution is 2.20. The molecule has 0 bridgehead atoms. The largest absolute Gasteiger partial charge is 0.293 e. The maximum Gasteiger partial charge on any atom is 0.187 e. The number of carbonyl (C=O) groups is 1. The van der Waals surface area contributed by atoms with Crippen LogP contribution in [0.3, 0.4) is 0 Å².